The van der Waals surface area contributed by atoms with Gasteiger partial charge in [-0.2, -0.15) is 4.31 Å². The van der Waals surface area contributed by atoms with Crippen LogP contribution in [-0.2, 0) is 15.9 Å². The molecule has 0 aromatic heterocycles. The van der Waals surface area contributed by atoms with Crippen LogP contribution in [0, 0.1) is 6.92 Å². The molecule has 1 rings (SSSR count). The van der Waals surface area contributed by atoms with Crippen molar-refractivity contribution < 1.29 is 8.42 Å². The quantitative estimate of drug-likeness (QED) is 0.712. The van der Waals surface area contributed by atoms with Crippen molar-refractivity contribution in [1.29, 1.82) is 0 Å². The first-order valence-electron chi connectivity index (χ1n) is 6.42. The van der Waals surface area contributed by atoms with E-state index in [1.54, 1.807) is 20.0 Å². The van der Waals surface area contributed by atoms with Crippen molar-refractivity contribution in [2.45, 2.75) is 50.4 Å². The zero-order valence-electron chi connectivity index (χ0n) is 12.5. The Morgan fingerprint density at radius 1 is 1.35 bits per heavy atom. The van der Waals surface area contributed by atoms with E-state index in [4.69, 9.17) is 11.6 Å². The smallest absolute Gasteiger partial charge is 0.207 e. The monoisotopic (exact) mass is 381 g/mol. The lowest BCUT2D eigenvalue weighted by Gasteiger charge is -2.34. The average Bonchev–Trinajstić information content (AvgIpc) is 2.40. The molecule has 0 saturated carbocycles. The second kappa shape index (κ2) is 6.34. The van der Waals surface area contributed by atoms with E-state index < -0.39 is 15.6 Å². The van der Waals surface area contributed by atoms with Crippen molar-refractivity contribution in [2.75, 3.05) is 7.05 Å². The molecular weight excluding hydrogens is 362 g/mol. The lowest BCUT2D eigenvalue weighted by atomic mass is 10.0. The van der Waals surface area contributed by atoms with Crippen LogP contribution in [-0.4, -0.2) is 25.3 Å². The molecule has 0 radical (unpaired) electrons. The number of rotatable bonds is 5. The normalized spacial score (nSPS) is 13.0. The van der Waals surface area contributed by atoms with Crippen LogP contribution < -0.4 is 0 Å². The van der Waals surface area contributed by atoms with Crippen LogP contribution in [0.1, 0.15) is 38.3 Å². The number of nitrogens with zero attached hydrogens (tertiary/aromatic N) is 1. The van der Waals surface area contributed by atoms with Crippen molar-refractivity contribution >= 4 is 37.6 Å². The first kappa shape index (κ1) is 18.0. The average molecular weight is 383 g/mol. The molecule has 20 heavy (non-hydrogen) atoms. The van der Waals surface area contributed by atoms with Gasteiger partial charge in [-0.3, -0.25) is 0 Å². The summed E-state index contributed by atoms with van der Waals surface area (Å²) in [6.07, 6.45) is 0.734. The van der Waals surface area contributed by atoms with Crippen LogP contribution in [0.5, 0.6) is 0 Å². The molecule has 0 spiro atoms. The molecule has 3 nitrogen and oxygen atoms in total. The molecule has 0 bridgehead atoms. The van der Waals surface area contributed by atoms with Gasteiger partial charge < -0.3 is 0 Å². The van der Waals surface area contributed by atoms with Crippen LogP contribution in [0.2, 0.25) is 0 Å². The Labute approximate surface area is 135 Å². The number of benzene rings is 1. The Kier molecular flexibility index (Phi) is 5.69. The van der Waals surface area contributed by atoms with Crippen LogP contribution >= 0.6 is 27.5 Å². The summed E-state index contributed by atoms with van der Waals surface area (Å²) in [5.41, 5.74) is 1.05. The highest BCUT2D eigenvalue weighted by Crippen LogP contribution is 2.31. The van der Waals surface area contributed by atoms with Gasteiger partial charge in [0.1, 0.15) is 0 Å². The van der Waals surface area contributed by atoms with Crippen molar-refractivity contribution in [3.05, 3.63) is 27.7 Å². The minimum absolute atomic E-state index is 0.280. The van der Waals surface area contributed by atoms with E-state index >= 15 is 0 Å². The van der Waals surface area contributed by atoms with E-state index in [0.717, 1.165) is 16.5 Å². The third-order valence-corrected chi connectivity index (χ3v) is 7.19. The Morgan fingerprint density at radius 3 is 2.35 bits per heavy atom. The fourth-order valence-corrected chi connectivity index (χ4v) is 4.41. The lowest BCUT2D eigenvalue weighted by molar-refractivity contribution is 0.257. The van der Waals surface area contributed by atoms with Gasteiger partial charge in [-0.25, -0.2) is 8.42 Å². The first-order chi connectivity index (χ1) is 9.07. The van der Waals surface area contributed by atoms with E-state index in [-0.39, 0.29) is 5.88 Å². The summed E-state index contributed by atoms with van der Waals surface area (Å²) < 4.78 is 27.9. The molecule has 0 aliphatic carbocycles. The Bertz CT molecular complexity index is 599. The van der Waals surface area contributed by atoms with Crippen LogP contribution in [0.4, 0.5) is 0 Å². The summed E-state index contributed by atoms with van der Waals surface area (Å²) in [5, 5.41) is 0. The molecule has 0 atom stereocenters. The molecule has 1 aromatic rings. The lowest BCUT2D eigenvalue weighted by Crippen LogP contribution is -2.44. The molecule has 0 N–H and O–H groups in total. The zero-order valence-corrected chi connectivity index (χ0v) is 15.7. The minimum Gasteiger partial charge on any atom is -0.207 e. The molecule has 0 aliphatic heterocycles. The van der Waals surface area contributed by atoms with Gasteiger partial charge in [0.05, 0.1) is 4.90 Å². The molecular formula is C14H21BrClNO2S. The van der Waals surface area contributed by atoms with Gasteiger partial charge in [-0.1, -0.05) is 22.9 Å². The van der Waals surface area contributed by atoms with Crippen molar-refractivity contribution in [3.63, 3.8) is 0 Å². The zero-order chi connectivity index (χ0) is 15.7. The maximum absolute atomic E-state index is 12.8. The molecule has 0 heterocycles. The predicted molar refractivity (Wildman–Crippen MR) is 87.8 cm³/mol. The van der Waals surface area contributed by atoms with E-state index in [1.807, 2.05) is 26.8 Å². The van der Waals surface area contributed by atoms with Gasteiger partial charge in [0, 0.05) is 22.9 Å². The highest BCUT2D eigenvalue weighted by molar-refractivity contribution is 9.10. The number of sulfonamides is 1. The second-order valence-electron chi connectivity index (χ2n) is 5.47. The van der Waals surface area contributed by atoms with Gasteiger partial charge in [-0.05, 0) is 50.5 Å². The minimum atomic E-state index is -3.55. The Hall–Kier alpha value is -0.100. The number of hydrogen-bond acceptors (Lipinski definition) is 2. The van der Waals surface area contributed by atoms with E-state index in [9.17, 15) is 8.42 Å². The largest absolute Gasteiger partial charge is 0.243 e. The number of hydrogen-bond donors (Lipinski definition) is 0. The molecule has 114 valence electrons. The highest BCUT2D eigenvalue weighted by atomic mass is 79.9. The summed E-state index contributed by atoms with van der Waals surface area (Å²) in [6, 6.07) is 3.51. The molecule has 0 amide bonds. The fourth-order valence-electron chi connectivity index (χ4n) is 1.75. The highest BCUT2D eigenvalue weighted by Gasteiger charge is 2.34. The van der Waals surface area contributed by atoms with E-state index in [0.29, 0.717) is 10.5 Å². The first-order valence-corrected chi connectivity index (χ1v) is 9.18. The standard InChI is InChI=1S/C14H21BrClNO2S/c1-6-14(3,4)17(5)20(18,19)13-8-11(9-16)7-12(15)10(13)2/h7-8H,6,9H2,1-5H3. The summed E-state index contributed by atoms with van der Waals surface area (Å²) in [7, 11) is -1.93. The molecule has 6 heteroatoms. The molecule has 0 saturated heterocycles. The van der Waals surface area contributed by atoms with E-state index in [1.165, 1.54) is 4.31 Å². The molecule has 1 aromatic carbocycles. The Morgan fingerprint density at radius 2 is 1.90 bits per heavy atom. The second-order valence-corrected chi connectivity index (χ2v) is 8.53. The van der Waals surface area contributed by atoms with Crippen molar-refractivity contribution in [2.24, 2.45) is 0 Å². The van der Waals surface area contributed by atoms with Gasteiger partial charge in [0.15, 0.2) is 0 Å². The fraction of sp³-hybridized carbons (Fsp3) is 0.571. The number of halogens is 2. The van der Waals surface area contributed by atoms with Crippen LogP contribution in [0.25, 0.3) is 0 Å². The third-order valence-electron chi connectivity index (χ3n) is 3.87. The molecule has 0 aliphatic rings. The van der Waals surface area contributed by atoms with Crippen molar-refractivity contribution in [1.82, 2.24) is 4.31 Å². The summed E-state index contributed by atoms with van der Waals surface area (Å²) in [6.45, 7) is 7.60. The van der Waals surface area contributed by atoms with Crippen LogP contribution in [0.3, 0.4) is 0 Å². The summed E-state index contributed by atoms with van der Waals surface area (Å²) in [4.78, 5) is 0.312. The molecule has 0 fully saturated rings. The van der Waals surface area contributed by atoms with Gasteiger partial charge in [0.2, 0.25) is 10.0 Å². The summed E-state index contributed by atoms with van der Waals surface area (Å²) >= 11 is 9.25. The van der Waals surface area contributed by atoms with E-state index in [2.05, 4.69) is 15.9 Å². The van der Waals surface area contributed by atoms with Crippen LogP contribution in [0.15, 0.2) is 21.5 Å². The maximum Gasteiger partial charge on any atom is 0.243 e. The van der Waals surface area contributed by atoms with Gasteiger partial charge in [0.25, 0.3) is 0 Å². The third kappa shape index (κ3) is 3.38. The predicted octanol–water partition coefficient (Wildman–Crippen LogP) is 4.31. The maximum atomic E-state index is 12.8. The molecule has 0 unspecified atom stereocenters. The SMILES string of the molecule is CCC(C)(C)N(C)S(=O)(=O)c1cc(CCl)cc(Br)c1C. The number of alkyl halides is 1. The summed E-state index contributed by atoms with van der Waals surface area (Å²) in [5.74, 6) is 0.280. The van der Waals surface area contributed by atoms with Gasteiger partial charge in [-0.15, -0.1) is 11.6 Å². The Balaban J connectivity index is 3.47. The van der Waals surface area contributed by atoms with Gasteiger partial charge >= 0.3 is 0 Å². The van der Waals surface area contributed by atoms with Crippen molar-refractivity contribution in [3.8, 4) is 0 Å². The topological polar surface area (TPSA) is 37.4 Å².